The summed E-state index contributed by atoms with van der Waals surface area (Å²) in [5, 5.41) is 3.39. The molecule has 0 spiro atoms. The number of halogens is 1. The summed E-state index contributed by atoms with van der Waals surface area (Å²) >= 11 is 0. The Morgan fingerprint density at radius 1 is 1.28 bits per heavy atom. The van der Waals surface area contributed by atoms with E-state index in [1.54, 1.807) is 0 Å². The smallest absolute Gasteiger partial charge is 0.188 e. The molecule has 0 aliphatic heterocycles. The molecule has 3 N–H and O–H groups in total. The minimum absolute atomic E-state index is 0. The predicted octanol–water partition coefficient (Wildman–Crippen LogP) is 3.42. The summed E-state index contributed by atoms with van der Waals surface area (Å²) in [4.78, 5) is 4.55. The van der Waals surface area contributed by atoms with E-state index < -0.39 is 0 Å². The maximum Gasteiger partial charge on any atom is 0.188 e. The number of aliphatic imine (C=N–C) groups is 1. The van der Waals surface area contributed by atoms with Gasteiger partial charge in [-0.2, -0.15) is 0 Å². The van der Waals surface area contributed by atoms with Crippen LogP contribution in [-0.4, -0.2) is 18.5 Å². The monoisotopic (exact) mass is 365 g/mol. The van der Waals surface area contributed by atoms with E-state index in [9.17, 15) is 0 Å². The molecule has 2 rings (SSSR count). The van der Waals surface area contributed by atoms with E-state index in [0.717, 1.165) is 6.54 Å². The topological polar surface area (TPSA) is 50.4 Å². The van der Waals surface area contributed by atoms with Crippen molar-refractivity contribution in [2.24, 2.45) is 16.1 Å². The van der Waals surface area contributed by atoms with Crippen molar-refractivity contribution in [3.8, 4) is 0 Å². The summed E-state index contributed by atoms with van der Waals surface area (Å²) in [5.41, 5.74) is 6.50. The van der Waals surface area contributed by atoms with Crippen LogP contribution >= 0.6 is 24.0 Å². The van der Waals surface area contributed by atoms with Gasteiger partial charge in [-0.3, -0.25) is 4.99 Å². The summed E-state index contributed by atoms with van der Waals surface area (Å²) in [7, 11) is 0. The molecule has 0 bridgehead atoms. The first-order valence-corrected chi connectivity index (χ1v) is 7.31. The fourth-order valence-electron chi connectivity index (χ4n) is 2.95. The minimum Gasteiger partial charge on any atom is -0.370 e. The van der Waals surface area contributed by atoms with E-state index in [2.05, 4.69) is 17.2 Å². The van der Waals surface area contributed by atoms with Crippen LogP contribution in [0.25, 0.3) is 0 Å². The lowest BCUT2D eigenvalue weighted by Crippen LogP contribution is -2.41. The molecule has 0 aromatic carbocycles. The molecule has 2 aliphatic carbocycles. The molecule has 0 aromatic heterocycles. The second-order valence-corrected chi connectivity index (χ2v) is 5.93. The zero-order chi connectivity index (χ0) is 12.1. The zero-order valence-electron chi connectivity index (χ0n) is 11.6. The first-order valence-electron chi connectivity index (χ1n) is 7.31. The highest BCUT2D eigenvalue weighted by molar-refractivity contribution is 14.0. The van der Waals surface area contributed by atoms with Crippen LogP contribution in [0, 0.1) is 5.41 Å². The van der Waals surface area contributed by atoms with Gasteiger partial charge in [-0.05, 0) is 37.5 Å². The van der Waals surface area contributed by atoms with E-state index in [0.29, 0.717) is 17.4 Å². The van der Waals surface area contributed by atoms with Crippen molar-refractivity contribution in [3.63, 3.8) is 0 Å². The van der Waals surface area contributed by atoms with Gasteiger partial charge in [0, 0.05) is 12.6 Å². The van der Waals surface area contributed by atoms with Crippen molar-refractivity contribution < 1.29 is 0 Å². The van der Waals surface area contributed by atoms with E-state index >= 15 is 0 Å². The van der Waals surface area contributed by atoms with Crippen LogP contribution in [0.15, 0.2) is 4.99 Å². The van der Waals surface area contributed by atoms with E-state index in [4.69, 9.17) is 5.73 Å². The molecule has 0 aromatic rings. The van der Waals surface area contributed by atoms with Crippen LogP contribution in [0.4, 0.5) is 0 Å². The first kappa shape index (κ1) is 16.1. The highest BCUT2D eigenvalue weighted by atomic mass is 127. The third kappa shape index (κ3) is 4.94. The van der Waals surface area contributed by atoms with Crippen molar-refractivity contribution in [2.75, 3.05) is 6.54 Å². The van der Waals surface area contributed by atoms with Gasteiger partial charge in [-0.1, -0.05) is 32.6 Å². The maximum absolute atomic E-state index is 5.97. The molecule has 3 nitrogen and oxygen atoms in total. The number of hydrogen-bond acceptors (Lipinski definition) is 1. The highest BCUT2D eigenvalue weighted by Gasteiger charge is 2.41. The van der Waals surface area contributed by atoms with Crippen molar-refractivity contribution in [2.45, 2.75) is 70.8 Å². The molecule has 0 unspecified atom stereocenters. The fourth-order valence-corrected chi connectivity index (χ4v) is 2.95. The van der Waals surface area contributed by atoms with Crippen molar-refractivity contribution in [1.82, 2.24) is 5.32 Å². The molecule has 4 heteroatoms. The van der Waals surface area contributed by atoms with Gasteiger partial charge in [0.25, 0.3) is 0 Å². The lowest BCUT2D eigenvalue weighted by molar-refractivity contribution is 0.410. The summed E-state index contributed by atoms with van der Waals surface area (Å²) in [5.74, 6) is 0.680. The number of nitrogens with one attached hydrogen (secondary N) is 1. The molecule has 18 heavy (non-hydrogen) atoms. The Balaban J connectivity index is 0.00000162. The Kier molecular flexibility index (Phi) is 6.74. The summed E-state index contributed by atoms with van der Waals surface area (Å²) in [6.07, 6.45) is 11.9. The SMILES string of the molecule is CCCC1(CN=C(N)NC2CCCCC2)CC1.I. The second-order valence-electron chi connectivity index (χ2n) is 5.93. The van der Waals surface area contributed by atoms with Gasteiger partial charge in [0.15, 0.2) is 5.96 Å². The number of guanidine groups is 1. The van der Waals surface area contributed by atoms with Crippen molar-refractivity contribution in [3.05, 3.63) is 0 Å². The largest absolute Gasteiger partial charge is 0.370 e. The van der Waals surface area contributed by atoms with Crippen LogP contribution in [0.3, 0.4) is 0 Å². The number of rotatable bonds is 5. The molecule has 106 valence electrons. The summed E-state index contributed by atoms with van der Waals surface area (Å²) < 4.78 is 0. The fraction of sp³-hybridized carbons (Fsp3) is 0.929. The third-order valence-electron chi connectivity index (χ3n) is 4.28. The number of nitrogens with two attached hydrogens (primary N) is 1. The van der Waals surface area contributed by atoms with Crippen molar-refractivity contribution in [1.29, 1.82) is 0 Å². The Bertz CT molecular complexity index is 268. The van der Waals surface area contributed by atoms with Gasteiger partial charge in [-0.25, -0.2) is 0 Å². The normalized spacial score (nSPS) is 23.3. The minimum atomic E-state index is 0. The summed E-state index contributed by atoms with van der Waals surface area (Å²) in [6, 6.07) is 0.578. The Labute approximate surface area is 128 Å². The molecule has 0 heterocycles. The summed E-state index contributed by atoms with van der Waals surface area (Å²) in [6.45, 7) is 3.19. The zero-order valence-corrected chi connectivity index (χ0v) is 13.9. The molecule has 0 atom stereocenters. The van der Waals surface area contributed by atoms with Gasteiger partial charge in [0.05, 0.1) is 0 Å². The van der Waals surface area contributed by atoms with Crippen LogP contribution in [0.5, 0.6) is 0 Å². The Hall–Kier alpha value is 0. The molecule has 0 saturated heterocycles. The van der Waals surface area contributed by atoms with Gasteiger partial charge in [0.1, 0.15) is 0 Å². The molecular weight excluding hydrogens is 337 g/mol. The Morgan fingerprint density at radius 2 is 1.94 bits per heavy atom. The average molecular weight is 365 g/mol. The third-order valence-corrected chi connectivity index (χ3v) is 4.28. The molecule has 0 radical (unpaired) electrons. The van der Waals surface area contributed by atoms with Crippen molar-refractivity contribution >= 4 is 29.9 Å². The van der Waals surface area contributed by atoms with Gasteiger partial charge >= 0.3 is 0 Å². The van der Waals surface area contributed by atoms with Crippen LogP contribution in [0.1, 0.15) is 64.7 Å². The standard InChI is InChI=1S/C14H27N3.HI/c1-2-8-14(9-10-14)11-16-13(15)17-12-6-4-3-5-7-12;/h12H,2-11H2,1H3,(H3,15,16,17);1H. The first-order chi connectivity index (χ1) is 8.24. The van der Waals surface area contributed by atoms with Crippen LogP contribution in [0.2, 0.25) is 0 Å². The predicted molar refractivity (Wildman–Crippen MR) is 88.5 cm³/mol. The van der Waals surface area contributed by atoms with E-state index in [-0.39, 0.29) is 24.0 Å². The van der Waals surface area contributed by atoms with Gasteiger partial charge in [-0.15, -0.1) is 24.0 Å². The molecule has 2 fully saturated rings. The van der Waals surface area contributed by atoms with E-state index in [1.165, 1.54) is 57.8 Å². The number of nitrogens with zero attached hydrogens (tertiary/aromatic N) is 1. The molecule has 2 aliphatic rings. The lowest BCUT2D eigenvalue weighted by Gasteiger charge is -2.23. The van der Waals surface area contributed by atoms with Crippen LogP contribution < -0.4 is 11.1 Å². The molecule has 2 saturated carbocycles. The Morgan fingerprint density at radius 3 is 2.50 bits per heavy atom. The number of hydrogen-bond donors (Lipinski definition) is 2. The van der Waals surface area contributed by atoms with E-state index in [1.807, 2.05) is 0 Å². The second kappa shape index (κ2) is 7.56. The van der Waals surface area contributed by atoms with Crippen LogP contribution in [-0.2, 0) is 0 Å². The quantitative estimate of drug-likeness (QED) is 0.446. The maximum atomic E-state index is 5.97. The average Bonchev–Trinajstić information content (AvgIpc) is 3.09. The molecular formula is C14H28IN3. The lowest BCUT2D eigenvalue weighted by atomic mass is 9.96. The van der Waals surface area contributed by atoms with Gasteiger partial charge in [0.2, 0.25) is 0 Å². The van der Waals surface area contributed by atoms with Gasteiger partial charge < -0.3 is 11.1 Å². The molecule has 0 amide bonds. The highest BCUT2D eigenvalue weighted by Crippen LogP contribution is 2.49.